The minimum Gasteiger partial charge on any atom is -0.748 e. The number of ether oxygens (including phenoxy) is 2. The van der Waals surface area contributed by atoms with Gasteiger partial charge in [-0.3, -0.25) is 0 Å². The van der Waals surface area contributed by atoms with E-state index in [1.807, 2.05) is 0 Å². The van der Waals surface area contributed by atoms with Crippen molar-refractivity contribution in [3.63, 3.8) is 0 Å². The van der Waals surface area contributed by atoms with Gasteiger partial charge >= 0.3 is 41.5 Å². The van der Waals surface area contributed by atoms with Crippen LogP contribution in [0.2, 0.25) is 0 Å². The van der Waals surface area contributed by atoms with Gasteiger partial charge < -0.3 is 14.0 Å². The number of hydrogen-bond acceptors (Lipinski definition) is 7. The molecule has 9 heteroatoms. The van der Waals surface area contributed by atoms with Crippen molar-refractivity contribution in [3.05, 3.63) is 35.4 Å². The smallest absolute Gasteiger partial charge is 0.748 e. The minimum absolute atomic E-state index is 0. The number of hydrogen-bond donors (Lipinski definition) is 0. The molecular weight excluding hydrogens is 527 g/mol. The zero-order chi connectivity index (χ0) is 28.1. The Labute approximate surface area is 259 Å². The Morgan fingerprint density at radius 3 is 1.44 bits per heavy atom. The first-order valence-corrected chi connectivity index (χ1v) is 16.1. The topological polar surface area (TPSA) is 110 Å². The third-order valence-corrected chi connectivity index (χ3v) is 7.91. The Hall–Kier alpha value is -0.930. The first kappa shape index (κ1) is 38.1. The summed E-state index contributed by atoms with van der Waals surface area (Å²) < 4.78 is 43.2. The maximum absolute atomic E-state index is 12.5. The molecule has 0 saturated carbocycles. The predicted octanol–water partition coefficient (Wildman–Crippen LogP) is 4.59. The van der Waals surface area contributed by atoms with Gasteiger partial charge in [-0.05, 0) is 25.5 Å². The second-order valence-electron chi connectivity index (χ2n) is 10.2. The van der Waals surface area contributed by atoms with Gasteiger partial charge in [-0.1, -0.05) is 122 Å². The van der Waals surface area contributed by atoms with Gasteiger partial charge in [0.2, 0.25) is 0 Å². The summed E-state index contributed by atoms with van der Waals surface area (Å²) >= 11 is 0. The van der Waals surface area contributed by atoms with Crippen LogP contribution in [-0.2, 0) is 19.6 Å². The van der Waals surface area contributed by atoms with Crippen molar-refractivity contribution in [2.24, 2.45) is 0 Å². The Morgan fingerprint density at radius 1 is 0.692 bits per heavy atom. The summed E-state index contributed by atoms with van der Waals surface area (Å²) in [5.41, 5.74) is 0.0394. The van der Waals surface area contributed by atoms with Crippen molar-refractivity contribution in [2.75, 3.05) is 13.2 Å². The van der Waals surface area contributed by atoms with Gasteiger partial charge in [0.1, 0.15) is 16.7 Å². The van der Waals surface area contributed by atoms with Crippen LogP contribution in [0.4, 0.5) is 0 Å². The fourth-order valence-corrected chi connectivity index (χ4v) is 4.50. The number of unbranched alkanes of at least 4 members (excludes halogenated alkanes) is 16. The molecule has 0 N–H and O–H groups in total. The van der Waals surface area contributed by atoms with Crippen LogP contribution in [0.25, 0.3) is 0 Å². The molecule has 0 aliphatic carbocycles. The Morgan fingerprint density at radius 2 is 1.05 bits per heavy atom. The first-order valence-electron chi connectivity index (χ1n) is 14.6. The summed E-state index contributed by atoms with van der Waals surface area (Å²) in [6.07, 6.45) is 21.7. The fourth-order valence-electron chi connectivity index (χ4n) is 4.26. The van der Waals surface area contributed by atoms with Crippen LogP contribution in [-0.4, -0.2) is 43.4 Å². The Kier molecular flexibility index (Phi) is 23.2. The first-order chi connectivity index (χ1) is 18.3. The van der Waals surface area contributed by atoms with Crippen LogP contribution < -0.4 is 29.6 Å². The molecule has 39 heavy (non-hydrogen) atoms. The number of carbonyl (C=O) groups excluding carboxylic acids is 2. The molecule has 0 spiro atoms. The molecule has 0 fully saturated rings. The molecule has 0 radical (unpaired) electrons. The van der Waals surface area contributed by atoms with E-state index in [1.165, 1.54) is 102 Å². The van der Waals surface area contributed by atoms with Crippen LogP contribution in [0.3, 0.4) is 0 Å². The summed E-state index contributed by atoms with van der Waals surface area (Å²) in [4.78, 5) is 24.8. The summed E-state index contributed by atoms with van der Waals surface area (Å²) in [7, 11) is -4.56. The van der Waals surface area contributed by atoms with Gasteiger partial charge in [-0.15, -0.1) is 0 Å². The van der Waals surface area contributed by atoms with E-state index in [-0.39, 0.29) is 47.3 Å². The minimum atomic E-state index is -4.56. The van der Waals surface area contributed by atoms with Crippen LogP contribution in [0.15, 0.2) is 24.3 Å². The number of esters is 2. The number of carbonyl (C=O) groups is 2. The van der Waals surface area contributed by atoms with Crippen molar-refractivity contribution in [2.45, 2.75) is 128 Å². The number of rotatable bonds is 23. The second kappa shape index (κ2) is 23.7. The summed E-state index contributed by atoms with van der Waals surface area (Å²) in [6, 6.07) is 6.04. The van der Waals surface area contributed by atoms with E-state index in [9.17, 15) is 22.6 Å². The van der Waals surface area contributed by atoms with Crippen molar-refractivity contribution in [1.82, 2.24) is 0 Å². The van der Waals surface area contributed by atoms with E-state index in [0.717, 1.165) is 26.2 Å². The molecule has 0 saturated heterocycles. The monoisotopic (exact) mass is 576 g/mol. The van der Waals surface area contributed by atoms with Crippen molar-refractivity contribution < 1.29 is 61.6 Å². The summed E-state index contributed by atoms with van der Waals surface area (Å²) in [5.74, 6) is -1.50. The van der Waals surface area contributed by atoms with Gasteiger partial charge in [-0.25, -0.2) is 18.0 Å². The molecule has 0 heterocycles. The van der Waals surface area contributed by atoms with Crippen LogP contribution in [0.1, 0.15) is 144 Å². The van der Waals surface area contributed by atoms with Crippen LogP contribution in [0.5, 0.6) is 0 Å². The molecule has 0 aliphatic heterocycles. The summed E-state index contributed by atoms with van der Waals surface area (Å²) in [6.45, 7) is 3.12. The maximum atomic E-state index is 12.5. The largest absolute Gasteiger partial charge is 1.00 e. The molecule has 1 rings (SSSR count). The van der Waals surface area contributed by atoms with Crippen LogP contribution >= 0.6 is 0 Å². The van der Waals surface area contributed by atoms with Gasteiger partial charge in [0, 0.05) is 0 Å². The molecule has 0 aromatic heterocycles. The molecule has 1 aromatic carbocycles. The van der Waals surface area contributed by atoms with E-state index in [2.05, 4.69) is 6.92 Å². The van der Waals surface area contributed by atoms with Crippen molar-refractivity contribution in [1.29, 1.82) is 0 Å². The Balaban J connectivity index is 0.0000144. The molecule has 1 aromatic rings. The van der Waals surface area contributed by atoms with Gasteiger partial charge in [0.15, 0.2) is 0 Å². The molecule has 0 amide bonds. The zero-order valence-electron chi connectivity index (χ0n) is 24.6. The van der Waals surface area contributed by atoms with E-state index in [0.29, 0.717) is 0 Å². The fraction of sp³-hybridized carbons (Fsp3) is 0.733. The molecular formula is C30H49NaO7S. The van der Waals surface area contributed by atoms with Gasteiger partial charge in [0.05, 0.1) is 23.0 Å². The average molecular weight is 577 g/mol. The predicted molar refractivity (Wildman–Crippen MR) is 150 cm³/mol. The molecule has 1 atom stereocenters. The van der Waals surface area contributed by atoms with Crippen molar-refractivity contribution >= 4 is 22.1 Å². The summed E-state index contributed by atoms with van der Waals surface area (Å²) in [5, 5.41) is -1.37. The Bertz CT molecular complexity index is 889. The molecule has 0 aliphatic rings. The molecule has 218 valence electrons. The van der Waals surface area contributed by atoms with Gasteiger partial charge in [0.25, 0.3) is 0 Å². The molecule has 1 unspecified atom stereocenters. The van der Waals surface area contributed by atoms with E-state index >= 15 is 0 Å². The molecule has 0 bridgehead atoms. The third kappa shape index (κ3) is 18.9. The second-order valence-corrected chi connectivity index (χ2v) is 12.0. The van der Waals surface area contributed by atoms with Crippen molar-refractivity contribution in [3.8, 4) is 0 Å². The van der Waals surface area contributed by atoms with E-state index in [1.54, 1.807) is 12.1 Å². The maximum Gasteiger partial charge on any atom is 1.00 e. The van der Waals surface area contributed by atoms with E-state index in [4.69, 9.17) is 9.47 Å². The standard InChI is InChI=1S/C30H50O7S.Na/c1-3-4-5-6-7-8-9-10-11-12-13-14-15-16-17-18-21-24-36-29(31)27-22-19-20-23-28(27)30(32)37-25-26(2)38(33,34)35;/h19-20,22-23,26H,3-18,21,24-25H2,1-2H3,(H,33,34,35);/q;+1/p-1. The number of benzene rings is 1. The van der Waals surface area contributed by atoms with E-state index < -0.39 is 33.9 Å². The average Bonchev–Trinajstić information content (AvgIpc) is 2.90. The van der Waals surface area contributed by atoms with Crippen LogP contribution in [0, 0.1) is 0 Å². The zero-order valence-corrected chi connectivity index (χ0v) is 27.4. The third-order valence-electron chi connectivity index (χ3n) is 6.79. The van der Waals surface area contributed by atoms with Gasteiger partial charge in [-0.2, -0.15) is 0 Å². The quantitative estimate of drug-likeness (QED) is 0.0811. The molecule has 7 nitrogen and oxygen atoms in total. The normalized spacial score (nSPS) is 12.0. The SMILES string of the molecule is CCCCCCCCCCCCCCCCCCCOC(=O)c1ccccc1C(=O)OCC(C)S(=O)(=O)[O-].[Na+].